The molecule has 24 heavy (non-hydrogen) atoms. The van der Waals surface area contributed by atoms with Gasteiger partial charge in [-0.15, -0.1) is 0 Å². The first kappa shape index (κ1) is 14.4. The van der Waals surface area contributed by atoms with Gasteiger partial charge in [0.25, 0.3) is 5.91 Å². The standard InChI is InChI=1S/C21H16N2O/c1-15-9-3-2-4-14-20(24)22-21-18-12-6-5-10-16(18)17-11-7-8-13-19(17)23(15)21/h2-13H,1,14H2/b4-2-,9-3-,22-21-. The third kappa shape index (κ3) is 2.31. The molecule has 2 aromatic carbocycles. The lowest BCUT2D eigenvalue weighted by Crippen LogP contribution is -2.34. The average molecular weight is 312 g/mol. The highest BCUT2D eigenvalue weighted by molar-refractivity contribution is 6.23. The Balaban J connectivity index is 2.04. The maximum absolute atomic E-state index is 12.3. The van der Waals surface area contributed by atoms with Crippen LogP contribution in [0.15, 0.2) is 90.1 Å². The Labute approximate surface area is 141 Å². The number of benzene rings is 2. The number of nitrogens with zero attached hydrogens (tertiary/aromatic N) is 2. The lowest BCUT2D eigenvalue weighted by atomic mass is 9.92. The Morgan fingerprint density at radius 2 is 1.62 bits per heavy atom. The van der Waals surface area contributed by atoms with Crippen LogP contribution in [0.4, 0.5) is 5.69 Å². The molecular formula is C21H16N2O. The summed E-state index contributed by atoms with van der Waals surface area (Å²) >= 11 is 0. The Hall–Kier alpha value is -3.20. The van der Waals surface area contributed by atoms with E-state index >= 15 is 0 Å². The summed E-state index contributed by atoms with van der Waals surface area (Å²) in [5, 5.41) is 0. The Bertz CT molecular complexity index is 934. The maximum atomic E-state index is 12.3. The molecule has 2 aliphatic rings. The van der Waals surface area contributed by atoms with Crippen molar-refractivity contribution in [2.75, 3.05) is 4.90 Å². The van der Waals surface area contributed by atoms with E-state index in [4.69, 9.17) is 0 Å². The lowest BCUT2D eigenvalue weighted by Gasteiger charge is -2.34. The molecule has 0 aliphatic carbocycles. The minimum atomic E-state index is -0.163. The smallest absolute Gasteiger partial charge is 0.251 e. The minimum Gasteiger partial charge on any atom is -0.294 e. The largest absolute Gasteiger partial charge is 0.294 e. The number of carbonyl (C=O) groups excluding carboxylic acids is 1. The maximum Gasteiger partial charge on any atom is 0.251 e. The van der Waals surface area contributed by atoms with E-state index < -0.39 is 0 Å². The summed E-state index contributed by atoms with van der Waals surface area (Å²) in [5.74, 6) is 0.475. The van der Waals surface area contributed by atoms with Crippen LogP contribution in [-0.4, -0.2) is 11.7 Å². The van der Waals surface area contributed by atoms with E-state index in [1.807, 2.05) is 65.6 Å². The molecule has 0 atom stereocenters. The van der Waals surface area contributed by atoms with Gasteiger partial charge in [-0.05, 0) is 17.7 Å². The zero-order valence-corrected chi connectivity index (χ0v) is 13.1. The summed E-state index contributed by atoms with van der Waals surface area (Å²) in [7, 11) is 0. The zero-order valence-electron chi connectivity index (χ0n) is 13.1. The molecule has 0 saturated carbocycles. The van der Waals surface area contributed by atoms with Crippen molar-refractivity contribution < 1.29 is 4.79 Å². The van der Waals surface area contributed by atoms with E-state index in [0.717, 1.165) is 28.1 Å². The molecule has 116 valence electrons. The van der Waals surface area contributed by atoms with E-state index in [9.17, 15) is 4.79 Å². The van der Waals surface area contributed by atoms with Crippen LogP contribution in [0.2, 0.25) is 0 Å². The summed E-state index contributed by atoms with van der Waals surface area (Å²) < 4.78 is 0. The summed E-state index contributed by atoms with van der Waals surface area (Å²) in [6.07, 6.45) is 7.80. The molecule has 2 aromatic rings. The molecule has 0 spiro atoms. The van der Waals surface area contributed by atoms with Gasteiger partial charge in [0.05, 0.1) is 5.69 Å². The molecule has 1 amide bonds. The number of para-hydroxylation sites is 1. The number of amidine groups is 1. The number of carbonyl (C=O) groups is 1. The average Bonchev–Trinajstić information content (AvgIpc) is 2.61. The topological polar surface area (TPSA) is 32.7 Å². The second kappa shape index (κ2) is 5.78. The summed E-state index contributed by atoms with van der Waals surface area (Å²) in [5.41, 5.74) is 4.91. The normalized spacial score (nSPS) is 21.0. The first-order chi connectivity index (χ1) is 11.8. The second-order valence-electron chi connectivity index (χ2n) is 5.71. The number of fused-ring (bicyclic) bond motifs is 6. The van der Waals surface area contributed by atoms with Crippen molar-refractivity contribution >= 4 is 17.4 Å². The van der Waals surface area contributed by atoms with Crippen molar-refractivity contribution in [3.8, 4) is 11.1 Å². The molecule has 0 fully saturated rings. The Morgan fingerprint density at radius 1 is 0.917 bits per heavy atom. The van der Waals surface area contributed by atoms with Crippen LogP contribution in [0, 0.1) is 0 Å². The fourth-order valence-electron chi connectivity index (χ4n) is 3.10. The molecule has 0 saturated heterocycles. The van der Waals surface area contributed by atoms with Gasteiger partial charge in [-0.3, -0.25) is 9.69 Å². The molecule has 3 heteroatoms. The Kier molecular flexibility index (Phi) is 3.47. The fraction of sp³-hybridized carbons (Fsp3) is 0.0476. The van der Waals surface area contributed by atoms with Gasteiger partial charge in [0.15, 0.2) is 0 Å². The first-order valence-corrected chi connectivity index (χ1v) is 7.88. The van der Waals surface area contributed by atoms with Crippen LogP contribution >= 0.6 is 0 Å². The van der Waals surface area contributed by atoms with Gasteiger partial charge in [0.2, 0.25) is 0 Å². The molecule has 0 unspecified atom stereocenters. The summed E-state index contributed by atoms with van der Waals surface area (Å²) in [6.45, 7) is 4.18. The highest BCUT2D eigenvalue weighted by Crippen LogP contribution is 2.40. The molecular weight excluding hydrogens is 296 g/mol. The van der Waals surface area contributed by atoms with Crippen LogP contribution in [0.3, 0.4) is 0 Å². The molecule has 0 bridgehead atoms. The van der Waals surface area contributed by atoms with Crippen LogP contribution in [0.1, 0.15) is 12.0 Å². The van der Waals surface area contributed by atoms with Crippen molar-refractivity contribution in [2.45, 2.75) is 6.42 Å². The van der Waals surface area contributed by atoms with Crippen molar-refractivity contribution in [2.24, 2.45) is 4.99 Å². The van der Waals surface area contributed by atoms with Crippen molar-refractivity contribution in [3.05, 3.63) is 90.7 Å². The van der Waals surface area contributed by atoms with Gasteiger partial charge in [0, 0.05) is 23.2 Å². The first-order valence-electron chi connectivity index (χ1n) is 7.88. The Morgan fingerprint density at radius 3 is 2.46 bits per heavy atom. The van der Waals surface area contributed by atoms with E-state index in [0.29, 0.717) is 5.84 Å². The fourth-order valence-corrected chi connectivity index (χ4v) is 3.10. The van der Waals surface area contributed by atoms with Gasteiger partial charge in [-0.2, -0.15) is 4.99 Å². The van der Waals surface area contributed by atoms with Crippen LogP contribution in [-0.2, 0) is 4.79 Å². The third-order valence-corrected chi connectivity index (χ3v) is 4.16. The number of rotatable bonds is 0. The number of hydrogen-bond donors (Lipinski definition) is 0. The SMILES string of the molecule is C=C1/C=C\C=C/CC(=O)/N=C2/c3ccccc3-c3ccccc3N12. The summed E-state index contributed by atoms with van der Waals surface area (Å²) in [4.78, 5) is 18.6. The number of amides is 1. The van der Waals surface area contributed by atoms with E-state index in [2.05, 4.69) is 23.7 Å². The second-order valence-corrected chi connectivity index (χ2v) is 5.71. The molecule has 3 nitrogen and oxygen atoms in total. The predicted octanol–water partition coefficient (Wildman–Crippen LogP) is 4.48. The highest BCUT2D eigenvalue weighted by atomic mass is 16.1. The molecule has 2 aliphatic heterocycles. The minimum absolute atomic E-state index is 0.163. The van der Waals surface area contributed by atoms with Gasteiger partial charge < -0.3 is 0 Å². The number of hydrogen-bond acceptors (Lipinski definition) is 2. The van der Waals surface area contributed by atoms with Crippen molar-refractivity contribution in [1.29, 1.82) is 0 Å². The van der Waals surface area contributed by atoms with Crippen LogP contribution < -0.4 is 4.90 Å². The predicted molar refractivity (Wildman–Crippen MR) is 97.9 cm³/mol. The lowest BCUT2D eigenvalue weighted by molar-refractivity contribution is -0.116. The van der Waals surface area contributed by atoms with Crippen molar-refractivity contribution in [3.63, 3.8) is 0 Å². The number of aliphatic imine (C=N–C) groups is 1. The monoisotopic (exact) mass is 312 g/mol. The zero-order chi connectivity index (χ0) is 16.5. The van der Waals surface area contributed by atoms with Gasteiger partial charge in [-0.1, -0.05) is 67.3 Å². The highest BCUT2D eigenvalue weighted by Gasteiger charge is 2.29. The van der Waals surface area contributed by atoms with E-state index in [-0.39, 0.29) is 12.3 Å². The molecule has 0 radical (unpaired) electrons. The van der Waals surface area contributed by atoms with Crippen LogP contribution in [0.5, 0.6) is 0 Å². The molecule has 0 aromatic heterocycles. The quantitative estimate of drug-likeness (QED) is 0.718. The molecule has 2 heterocycles. The van der Waals surface area contributed by atoms with Gasteiger partial charge in [-0.25, -0.2) is 0 Å². The van der Waals surface area contributed by atoms with Gasteiger partial charge in [0.1, 0.15) is 5.84 Å². The molecule has 0 N–H and O–H groups in total. The van der Waals surface area contributed by atoms with E-state index in [1.165, 1.54) is 0 Å². The number of allylic oxidation sites excluding steroid dienone is 3. The van der Waals surface area contributed by atoms with Gasteiger partial charge >= 0.3 is 0 Å². The number of anilines is 1. The van der Waals surface area contributed by atoms with E-state index in [1.54, 1.807) is 0 Å². The van der Waals surface area contributed by atoms with Crippen LogP contribution in [0.25, 0.3) is 11.1 Å². The summed E-state index contributed by atoms with van der Waals surface area (Å²) in [6, 6.07) is 16.2. The third-order valence-electron chi connectivity index (χ3n) is 4.16. The molecule has 4 rings (SSSR count). The van der Waals surface area contributed by atoms with Crippen molar-refractivity contribution in [1.82, 2.24) is 0 Å².